The van der Waals surface area contributed by atoms with Gasteiger partial charge in [-0.1, -0.05) is 22.9 Å². The molecule has 1 aromatic carbocycles. The van der Waals surface area contributed by atoms with Gasteiger partial charge >= 0.3 is 5.97 Å². The van der Waals surface area contributed by atoms with Crippen molar-refractivity contribution >= 4 is 28.9 Å². The van der Waals surface area contributed by atoms with E-state index in [2.05, 4.69) is 9.72 Å². The zero-order valence-electron chi connectivity index (χ0n) is 10.2. The Bertz CT molecular complexity index is 582. The molecule has 0 N–H and O–H groups in total. The minimum absolute atomic E-state index is 0.0698. The smallest absolute Gasteiger partial charge is 0.351 e. The van der Waals surface area contributed by atoms with E-state index in [9.17, 15) is 4.79 Å². The first-order valence-corrected chi connectivity index (χ1v) is 6.40. The number of esters is 1. The number of carbonyl (C=O) groups is 1. The Labute approximate surface area is 118 Å². The number of nitrogens with zero attached hydrogens (tertiary/aromatic N) is 1. The second-order valence-corrected chi connectivity index (χ2v) is 4.69. The molecule has 0 aliphatic carbocycles. The third kappa shape index (κ3) is 3.15. The lowest BCUT2D eigenvalue weighted by atomic mass is 10.3. The van der Waals surface area contributed by atoms with Crippen LogP contribution in [0.3, 0.4) is 0 Å². The molecule has 0 radical (unpaired) electrons. The summed E-state index contributed by atoms with van der Waals surface area (Å²) in [6.45, 7) is 0. The maximum atomic E-state index is 11.4. The summed E-state index contributed by atoms with van der Waals surface area (Å²) in [5.74, 6) is 0.759. The lowest BCUT2D eigenvalue weighted by Crippen LogP contribution is -1.98. The molecule has 0 fully saturated rings. The minimum Gasteiger partial charge on any atom is -0.497 e. The van der Waals surface area contributed by atoms with E-state index in [1.165, 1.54) is 7.11 Å². The van der Waals surface area contributed by atoms with E-state index >= 15 is 0 Å². The number of benzene rings is 1. The van der Waals surface area contributed by atoms with Gasteiger partial charge in [0, 0.05) is 0 Å². The van der Waals surface area contributed by atoms with Crippen LogP contribution in [0.5, 0.6) is 16.7 Å². The minimum atomic E-state index is -0.535. The summed E-state index contributed by atoms with van der Waals surface area (Å²) in [7, 11) is 2.86. The van der Waals surface area contributed by atoms with E-state index in [0.29, 0.717) is 5.75 Å². The monoisotopic (exact) mass is 299 g/mol. The van der Waals surface area contributed by atoms with Gasteiger partial charge in [0.2, 0.25) is 0 Å². The number of carbonyl (C=O) groups excluding carboxylic acids is 1. The topological polar surface area (TPSA) is 57.7 Å². The average Bonchev–Trinajstić information content (AvgIpc) is 2.79. The highest BCUT2D eigenvalue weighted by molar-refractivity contribution is 7.15. The predicted octanol–water partition coefficient (Wildman–Crippen LogP) is 3.38. The summed E-state index contributed by atoms with van der Waals surface area (Å²) in [6, 6.07) is 6.97. The van der Waals surface area contributed by atoms with Crippen molar-refractivity contribution < 1.29 is 19.0 Å². The van der Waals surface area contributed by atoms with Crippen LogP contribution in [0.2, 0.25) is 5.15 Å². The summed E-state index contributed by atoms with van der Waals surface area (Å²) in [4.78, 5) is 15.5. The van der Waals surface area contributed by atoms with Crippen molar-refractivity contribution in [2.45, 2.75) is 0 Å². The average molecular weight is 300 g/mol. The van der Waals surface area contributed by atoms with Crippen molar-refractivity contribution in [1.29, 1.82) is 0 Å². The van der Waals surface area contributed by atoms with Gasteiger partial charge < -0.3 is 14.2 Å². The van der Waals surface area contributed by atoms with Gasteiger partial charge in [0.25, 0.3) is 5.19 Å². The van der Waals surface area contributed by atoms with Gasteiger partial charge in [0.1, 0.15) is 11.5 Å². The summed E-state index contributed by atoms with van der Waals surface area (Å²) < 4.78 is 15.1. The first-order chi connectivity index (χ1) is 9.13. The van der Waals surface area contributed by atoms with Crippen LogP contribution in [0, 0.1) is 0 Å². The van der Waals surface area contributed by atoms with Crippen molar-refractivity contribution in [2.75, 3.05) is 14.2 Å². The molecule has 0 aliphatic rings. The Morgan fingerprint density at radius 2 is 1.84 bits per heavy atom. The van der Waals surface area contributed by atoms with Gasteiger partial charge in [0.15, 0.2) is 10.0 Å². The molecule has 1 heterocycles. The van der Waals surface area contributed by atoms with E-state index in [1.54, 1.807) is 31.4 Å². The number of ether oxygens (including phenoxy) is 3. The van der Waals surface area contributed by atoms with E-state index in [4.69, 9.17) is 21.1 Å². The number of halogens is 1. The molecule has 0 amide bonds. The third-order valence-electron chi connectivity index (χ3n) is 2.20. The van der Waals surface area contributed by atoms with Crippen LogP contribution in [0.25, 0.3) is 0 Å². The van der Waals surface area contributed by atoms with Crippen molar-refractivity contribution in [1.82, 2.24) is 4.98 Å². The molecule has 0 aliphatic heterocycles. The lowest BCUT2D eigenvalue weighted by molar-refractivity contribution is 0.0606. The number of rotatable bonds is 4. The van der Waals surface area contributed by atoms with Crippen molar-refractivity contribution in [3.63, 3.8) is 0 Å². The zero-order chi connectivity index (χ0) is 13.8. The van der Waals surface area contributed by atoms with E-state index < -0.39 is 5.97 Å². The van der Waals surface area contributed by atoms with E-state index in [0.717, 1.165) is 17.1 Å². The molecule has 100 valence electrons. The number of hydrogen-bond donors (Lipinski definition) is 0. The molecule has 0 unspecified atom stereocenters. The predicted molar refractivity (Wildman–Crippen MR) is 71.5 cm³/mol. The summed E-state index contributed by atoms with van der Waals surface area (Å²) in [5.41, 5.74) is 0. The van der Waals surface area contributed by atoms with Crippen molar-refractivity contribution in [3.8, 4) is 16.7 Å². The number of methoxy groups -OCH3 is 2. The summed E-state index contributed by atoms with van der Waals surface area (Å²) >= 11 is 6.86. The van der Waals surface area contributed by atoms with Gasteiger partial charge in [-0.3, -0.25) is 0 Å². The fourth-order valence-corrected chi connectivity index (χ4v) is 2.36. The molecule has 0 spiro atoms. The van der Waals surface area contributed by atoms with Gasteiger partial charge in [-0.05, 0) is 24.3 Å². The summed E-state index contributed by atoms with van der Waals surface area (Å²) in [6.07, 6.45) is 0. The second kappa shape index (κ2) is 5.90. The number of thiazole rings is 1. The highest BCUT2D eigenvalue weighted by Gasteiger charge is 2.18. The highest BCUT2D eigenvalue weighted by atomic mass is 35.5. The number of hydrogen-bond acceptors (Lipinski definition) is 6. The second-order valence-electron chi connectivity index (χ2n) is 3.37. The van der Waals surface area contributed by atoms with Crippen molar-refractivity contribution in [2.24, 2.45) is 0 Å². The molecule has 1 aromatic heterocycles. The van der Waals surface area contributed by atoms with Crippen LogP contribution >= 0.6 is 22.9 Å². The molecule has 0 bridgehead atoms. The molecular formula is C12H10ClNO4S. The molecule has 19 heavy (non-hydrogen) atoms. The van der Waals surface area contributed by atoms with E-state index in [-0.39, 0.29) is 15.2 Å². The summed E-state index contributed by atoms with van der Waals surface area (Å²) in [5, 5.41) is 0.343. The normalized spacial score (nSPS) is 10.1. The number of aromatic nitrogens is 1. The third-order valence-corrected chi connectivity index (χ3v) is 3.50. The van der Waals surface area contributed by atoms with Crippen LogP contribution in [0.1, 0.15) is 9.67 Å². The molecule has 2 aromatic rings. The lowest BCUT2D eigenvalue weighted by Gasteiger charge is -2.02. The molecule has 0 atom stereocenters. The van der Waals surface area contributed by atoms with Gasteiger partial charge in [-0.2, -0.15) is 4.98 Å². The largest absolute Gasteiger partial charge is 0.497 e. The molecule has 0 saturated heterocycles. The Morgan fingerprint density at radius 3 is 2.42 bits per heavy atom. The van der Waals surface area contributed by atoms with Crippen LogP contribution in [0.4, 0.5) is 0 Å². The first-order valence-electron chi connectivity index (χ1n) is 5.20. The Kier molecular flexibility index (Phi) is 4.24. The standard InChI is InChI=1S/C12H10ClNO4S/c1-16-7-3-5-8(6-4-7)18-12-14-10(13)9(19-12)11(15)17-2/h3-6H,1-2H3. The fraction of sp³-hybridized carbons (Fsp3) is 0.167. The SMILES string of the molecule is COC(=O)c1sc(Oc2ccc(OC)cc2)nc1Cl. The van der Waals surface area contributed by atoms with Gasteiger partial charge in [-0.25, -0.2) is 4.79 Å². The fourth-order valence-electron chi connectivity index (χ4n) is 1.29. The Balaban J connectivity index is 2.16. The Morgan fingerprint density at radius 1 is 1.21 bits per heavy atom. The zero-order valence-corrected chi connectivity index (χ0v) is 11.7. The van der Waals surface area contributed by atoms with Crippen LogP contribution in [0.15, 0.2) is 24.3 Å². The van der Waals surface area contributed by atoms with Crippen LogP contribution in [-0.4, -0.2) is 25.2 Å². The maximum absolute atomic E-state index is 11.4. The van der Waals surface area contributed by atoms with Crippen LogP contribution in [-0.2, 0) is 4.74 Å². The van der Waals surface area contributed by atoms with Crippen molar-refractivity contribution in [3.05, 3.63) is 34.3 Å². The van der Waals surface area contributed by atoms with Gasteiger partial charge in [-0.15, -0.1) is 0 Å². The molecular weight excluding hydrogens is 290 g/mol. The van der Waals surface area contributed by atoms with Gasteiger partial charge in [0.05, 0.1) is 14.2 Å². The van der Waals surface area contributed by atoms with E-state index in [1.807, 2.05) is 0 Å². The molecule has 0 saturated carbocycles. The molecule has 5 nitrogen and oxygen atoms in total. The maximum Gasteiger partial charge on any atom is 0.351 e. The first kappa shape index (κ1) is 13.6. The van der Waals surface area contributed by atoms with Crippen LogP contribution < -0.4 is 9.47 Å². The quantitative estimate of drug-likeness (QED) is 0.810. The Hall–Kier alpha value is -1.79. The molecule has 7 heteroatoms. The highest BCUT2D eigenvalue weighted by Crippen LogP contribution is 2.32. The molecule has 2 rings (SSSR count).